The molecule has 0 spiro atoms. The zero-order chi connectivity index (χ0) is 26.9. The minimum Gasteiger partial charge on any atom is -0.494 e. The van der Waals surface area contributed by atoms with Crippen LogP contribution in [0.1, 0.15) is 141 Å². The molecule has 0 atom stereocenters. The molecule has 0 unspecified atom stereocenters. The first-order valence-corrected chi connectivity index (χ1v) is 15.9. The summed E-state index contributed by atoms with van der Waals surface area (Å²) in [5.41, 5.74) is 3.87. The van der Waals surface area contributed by atoms with Crippen molar-refractivity contribution < 1.29 is 4.74 Å². The van der Waals surface area contributed by atoms with Crippen LogP contribution in [0.5, 0.6) is 5.75 Å². The minimum absolute atomic E-state index is 0.0698. The average Bonchev–Trinajstić information content (AvgIpc) is 2.97. The van der Waals surface area contributed by atoms with Crippen LogP contribution in [0.3, 0.4) is 0 Å². The van der Waals surface area contributed by atoms with Crippen LogP contribution in [0, 0.1) is 16.7 Å². The number of hydrogen-bond donors (Lipinski definition) is 0. The molecule has 1 aliphatic carbocycles. The van der Waals surface area contributed by atoms with Crippen molar-refractivity contribution in [3.8, 4) is 22.9 Å². The van der Waals surface area contributed by atoms with Gasteiger partial charge in [-0.05, 0) is 73.3 Å². The number of benzene rings is 2. The second-order valence-corrected chi connectivity index (χ2v) is 11.8. The topological polar surface area (TPSA) is 33.0 Å². The van der Waals surface area contributed by atoms with E-state index < -0.39 is 0 Å². The minimum atomic E-state index is -0.0698. The highest BCUT2D eigenvalue weighted by molar-refractivity contribution is 5.64. The Morgan fingerprint density at radius 2 is 1.18 bits per heavy atom. The molecule has 0 amide bonds. The van der Waals surface area contributed by atoms with Gasteiger partial charge in [0.2, 0.25) is 0 Å². The van der Waals surface area contributed by atoms with E-state index in [4.69, 9.17) is 4.74 Å². The maximum Gasteiger partial charge on any atom is 0.119 e. The zero-order valence-corrected chi connectivity index (χ0v) is 24.5. The summed E-state index contributed by atoms with van der Waals surface area (Å²) in [4.78, 5) is 0. The average molecular weight is 516 g/mol. The maximum atomic E-state index is 9.97. The molecule has 38 heavy (non-hydrogen) atoms. The fraction of sp³-hybridized carbons (Fsp3) is 0.639. The van der Waals surface area contributed by atoms with Crippen LogP contribution in [-0.2, 0) is 0 Å². The van der Waals surface area contributed by atoms with Crippen molar-refractivity contribution in [1.29, 1.82) is 5.26 Å². The van der Waals surface area contributed by atoms with Gasteiger partial charge in [0.05, 0.1) is 18.1 Å². The molecular formula is C36H53NO. The van der Waals surface area contributed by atoms with Crippen molar-refractivity contribution in [3.63, 3.8) is 0 Å². The molecule has 208 valence electrons. The molecule has 0 radical (unpaired) electrons. The van der Waals surface area contributed by atoms with Gasteiger partial charge in [-0.2, -0.15) is 5.26 Å². The fourth-order valence-corrected chi connectivity index (χ4v) is 6.11. The van der Waals surface area contributed by atoms with Gasteiger partial charge in [-0.3, -0.25) is 0 Å². The Labute approximate surface area is 234 Å². The van der Waals surface area contributed by atoms with E-state index in [0.29, 0.717) is 5.92 Å². The lowest BCUT2D eigenvalue weighted by Crippen LogP contribution is -2.25. The lowest BCUT2D eigenvalue weighted by atomic mass is 9.67. The summed E-state index contributed by atoms with van der Waals surface area (Å²) in [5.74, 6) is 1.57. The smallest absolute Gasteiger partial charge is 0.119 e. The molecule has 2 nitrogen and oxygen atoms in total. The Kier molecular flexibility index (Phi) is 13.8. The van der Waals surface area contributed by atoms with E-state index in [9.17, 15) is 5.26 Å². The molecule has 0 saturated heterocycles. The highest BCUT2D eigenvalue weighted by atomic mass is 16.5. The van der Waals surface area contributed by atoms with E-state index in [1.807, 2.05) is 0 Å². The van der Waals surface area contributed by atoms with E-state index in [2.05, 4.69) is 68.4 Å². The van der Waals surface area contributed by atoms with Crippen molar-refractivity contribution in [2.75, 3.05) is 6.61 Å². The maximum absolute atomic E-state index is 9.97. The van der Waals surface area contributed by atoms with E-state index in [0.717, 1.165) is 50.9 Å². The lowest BCUT2D eigenvalue weighted by Gasteiger charge is -2.35. The first kappa shape index (κ1) is 30.3. The number of unbranched alkanes of at least 4 members (excludes halogenated alkanes) is 11. The van der Waals surface area contributed by atoms with Gasteiger partial charge in [0.15, 0.2) is 0 Å². The van der Waals surface area contributed by atoms with Crippen molar-refractivity contribution in [3.05, 3.63) is 54.1 Å². The summed E-state index contributed by atoms with van der Waals surface area (Å²) >= 11 is 0. The zero-order valence-electron chi connectivity index (χ0n) is 24.5. The van der Waals surface area contributed by atoms with Gasteiger partial charge in [0, 0.05) is 0 Å². The van der Waals surface area contributed by atoms with Gasteiger partial charge in [-0.15, -0.1) is 0 Å². The van der Waals surface area contributed by atoms with Gasteiger partial charge in [-0.25, -0.2) is 0 Å². The Bertz CT molecular complexity index is 915. The quantitative estimate of drug-likeness (QED) is 0.185. The standard InChI is InChI=1S/C36H53NO/c1-3-5-7-9-11-13-15-29-38-35-22-20-33(21-23-35)31-16-18-32(19-17-31)34-24-27-36(30-37,28-25-34)26-14-12-10-8-6-4-2/h16-23,34H,3-15,24-29H2,1-2H3. The summed E-state index contributed by atoms with van der Waals surface area (Å²) in [7, 11) is 0. The van der Waals surface area contributed by atoms with Gasteiger partial charge >= 0.3 is 0 Å². The number of hydrogen-bond acceptors (Lipinski definition) is 2. The molecule has 3 rings (SSSR count). The normalized spacial score (nSPS) is 19.2. The summed E-state index contributed by atoms with van der Waals surface area (Å²) < 4.78 is 5.97. The van der Waals surface area contributed by atoms with Gasteiger partial charge in [-0.1, -0.05) is 127 Å². The van der Waals surface area contributed by atoms with Crippen LogP contribution in [-0.4, -0.2) is 6.61 Å². The van der Waals surface area contributed by atoms with E-state index in [1.54, 1.807) is 0 Å². The second kappa shape index (κ2) is 17.3. The number of nitriles is 1. The molecule has 0 N–H and O–H groups in total. The predicted octanol–water partition coefficient (Wildman–Crippen LogP) is 11.4. The van der Waals surface area contributed by atoms with Gasteiger partial charge in [0.25, 0.3) is 0 Å². The Balaban J connectivity index is 1.40. The third-order valence-corrected chi connectivity index (χ3v) is 8.78. The van der Waals surface area contributed by atoms with Crippen molar-refractivity contribution in [2.45, 2.75) is 135 Å². The van der Waals surface area contributed by atoms with E-state index in [1.165, 1.54) is 93.7 Å². The summed E-state index contributed by atoms with van der Waals surface area (Å²) in [5, 5.41) is 9.97. The summed E-state index contributed by atoms with van der Waals surface area (Å²) in [6.07, 6.45) is 22.5. The molecule has 1 aliphatic rings. The molecule has 2 heteroatoms. The molecule has 0 bridgehead atoms. The van der Waals surface area contributed by atoms with Crippen LogP contribution in [0.25, 0.3) is 11.1 Å². The number of rotatable bonds is 18. The van der Waals surface area contributed by atoms with Crippen LogP contribution in [0.15, 0.2) is 48.5 Å². The third kappa shape index (κ3) is 10.1. The first-order valence-electron chi connectivity index (χ1n) is 15.9. The molecule has 0 aromatic heterocycles. The number of nitrogens with zero attached hydrogens (tertiary/aromatic N) is 1. The Morgan fingerprint density at radius 1 is 0.684 bits per heavy atom. The molecule has 1 saturated carbocycles. The van der Waals surface area contributed by atoms with Crippen LogP contribution in [0.2, 0.25) is 0 Å². The van der Waals surface area contributed by atoms with Crippen LogP contribution < -0.4 is 4.74 Å². The molecular weight excluding hydrogens is 462 g/mol. The molecule has 2 aromatic rings. The second-order valence-electron chi connectivity index (χ2n) is 11.8. The molecule has 0 aliphatic heterocycles. The van der Waals surface area contributed by atoms with Crippen LogP contribution >= 0.6 is 0 Å². The van der Waals surface area contributed by atoms with Gasteiger partial charge in [0.1, 0.15) is 5.75 Å². The monoisotopic (exact) mass is 515 g/mol. The van der Waals surface area contributed by atoms with Gasteiger partial charge < -0.3 is 4.74 Å². The Morgan fingerprint density at radius 3 is 1.74 bits per heavy atom. The largest absolute Gasteiger partial charge is 0.494 e. The first-order chi connectivity index (χ1) is 18.7. The number of ether oxygens (including phenoxy) is 1. The van der Waals surface area contributed by atoms with Crippen molar-refractivity contribution >= 4 is 0 Å². The highest BCUT2D eigenvalue weighted by Crippen LogP contribution is 2.46. The van der Waals surface area contributed by atoms with E-state index >= 15 is 0 Å². The van der Waals surface area contributed by atoms with Crippen molar-refractivity contribution in [2.24, 2.45) is 5.41 Å². The predicted molar refractivity (Wildman–Crippen MR) is 163 cm³/mol. The summed E-state index contributed by atoms with van der Waals surface area (Å²) in [6.45, 7) is 5.35. The molecule has 0 heterocycles. The molecule has 2 aromatic carbocycles. The molecule has 1 fully saturated rings. The van der Waals surface area contributed by atoms with Crippen molar-refractivity contribution in [1.82, 2.24) is 0 Å². The lowest BCUT2D eigenvalue weighted by molar-refractivity contribution is 0.223. The van der Waals surface area contributed by atoms with E-state index in [-0.39, 0.29) is 5.41 Å². The Hall–Kier alpha value is -2.27. The SMILES string of the molecule is CCCCCCCCCOc1ccc(-c2ccc(C3CCC(C#N)(CCCCCCCC)CC3)cc2)cc1. The third-order valence-electron chi connectivity index (χ3n) is 8.78. The fourth-order valence-electron chi connectivity index (χ4n) is 6.11. The highest BCUT2D eigenvalue weighted by Gasteiger charge is 2.35. The van der Waals surface area contributed by atoms with Crippen LogP contribution in [0.4, 0.5) is 0 Å². The summed E-state index contributed by atoms with van der Waals surface area (Å²) in [6, 6.07) is 20.5.